The third kappa shape index (κ3) is 4.75. The van der Waals surface area contributed by atoms with Crippen LogP contribution in [0.1, 0.15) is 29.5 Å². The first-order chi connectivity index (χ1) is 14.2. The van der Waals surface area contributed by atoms with Gasteiger partial charge in [-0.1, -0.05) is 24.3 Å². The second-order valence-electron chi connectivity index (χ2n) is 7.86. The van der Waals surface area contributed by atoms with Crippen LogP contribution in [-0.2, 0) is 17.8 Å². The Morgan fingerprint density at radius 1 is 1.14 bits per heavy atom. The summed E-state index contributed by atoms with van der Waals surface area (Å²) < 4.78 is 0. The van der Waals surface area contributed by atoms with Crippen molar-refractivity contribution in [3.05, 3.63) is 59.3 Å². The van der Waals surface area contributed by atoms with Crippen LogP contribution in [0.25, 0.3) is 0 Å². The zero-order valence-corrected chi connectivity index (χ0v) is 16.7. The predicted octanol–water partition coefficient (Wildman–Crippen LogP) is 2.34. The molecule has 2 aromatic rings. The summed E-state index contributed by atoms with van der Waals surface area (Å²) in [5.74, 6) is 1.13. The molecular weight excluding hydrogens is 362 g/mol. The highest BCUT2D eigenvalue weighted by atomic mass is 16.1. The molecule has 6 nitrogen and oxygen atoms in total. The monoisotopic (exact) mass is 389 g/mol. The van der Waals surface area contributed by atoms with Crippen LogP contribution in [-0.4, -0.2) is 48.5 Å². The topological polar surface area (TPSA) is 72.3 Å². The first-order valence-corrected chi connectivity index (χ1v) is 10.4. The highest BCUT2D eigenvalue weighted by Crippen LogP contribution is 2.22. The molecule has 1 N–H and O–H groups in total. The Balaban J connectivity index is 1.19. The molecular formula is C23H27N5O. The fraction of sp³-hybridized carbons (Fsp3) is 0.435. The molecule has 0 radical (unpaired) electrons. The third-order valence-electron chi connectivity index (χ3n) is 6.00. The highest BCUT2D eigenvalue weighted by Gasteiger charge is 2.25. The van der Waals surface area contributed by atoms with Gasteiger partial charge in [0.2, 0.25) is 5.91 Å². The van der Waals surface area contributed by atoms with Gasteiger partial charge in [-0.2, -0.15) is 5.26 Å². The molecule has 6 heteroatoms. The number of nitrogens with one attached hydrogen (secondary N) is 1. The first-order valence-electron chi connectivity index (χ1n) is 10.4. The lowest BCUT2D eigenvalue weighted by atomic mass is 9.96. The van der Waals surface area contributed by atoms with E-state index in [1.165, 1.54) is 11.1 Å². The van der Waals surface area contributed by atoms with Crippen molar-refractivity contribution in [2.75, 3.05) is 37.6 Å². The zero-order chi connectivity index (χ0) is 20.1. The van der Waals surface area contributed by atoms with Crippen molar-refractivity contribution in [2.45, 2.75) is 25.8 Å². The molecule has 1 saturated heterocycles. The minimum atomic E-state index is 0.0757. The van der Waals surface area contributed by atoms with Gasteiger partial charge in [0.15, 0.2) is 0 Å². The van der Waals surface area contributed by atoms with Crippen molar-refractivity contribution in [1.29, 1.82) is 5.26 Å². The van der Waals surface area contributed by atoms with Crippen LogP contribution < -0.4 is 10.2 Å². The molecule has 0 spiro atoms. The van der Waals surface area contributed by atoms with Gasteiger partial charge in [-0.25, -0.2) is 4.98 Å². The second kappa shape index (κ2) is 9.06. The van der Waals surface area contributed by atoms with Crippen LogP contribution in [0.5, 0.6) is 0 Å². The van der Waals surface area contributed by atoms with Crippen LogP contribution in [0.15, 0.2) is 42.6 Å². The lowest BCUT2D eigenvalue weighted by molar-refractivity contribution is -0.125. The average Bonchev–Trinajstić information content (AvgIpc) is 2.79. The molecule has 1 aromatic heterocycles. The van der Waals surface area contributed by atoms with Crippen molar-refractivity contribution in [3.8, 4) is 6.07 Å². The highest BCUT2D eigenvalue weighted by molar-refractivity contribution is 5.79. The molecule has 0 atom stereocenters. The number of hydrogen-bond donors (Lipinski definition) is 1. The van der Waals surface area contributed by atoms with Gasteiger partial charge >= 0.3 is 0 Å². The SMILES string of the molecule is N#Cc1ccc(N2CCC(C(=O)NCCN3CCc4ccccc4C3)CC2)nc1. The number of amides is 1. The van der Waals surface area contributed by atoms with Crippen LogP contribution in [0.3, 0.4) is 0 Å². The second-order valence-corrected chi connectivity index (χ2v) is 7.86. The van der Waals surface area contributed by atoms with E-state index in [1.807, 2.05) is 6.07 Å². The van der Waals surface area contributed by atoms with Crippen LogP contribution >= 0.6 is 0 Å². The van der Waals surface area contributed by atoms with Gasteiger partial charge in [-0.15, -0.1) is 0 Å². The van der Waals surface area contributed by atoms with Gasteiger partial charge in [0.1, 0.15) is 11.9 Å². The van der Waals surface area contributed by atoms with Gasteiger partial charge in [0.05, 0.1) is 5.56 Å². The fourth-order valence-electron chi connectivity index (χ4n) is 4.24. The number of hydrogen-bond acceptors (Lipinski definition) is 5. The summed E-state index contributed by atoms with van der Waals surface area (Å²) in [5, 5.41) is 12.0. The molecule has 0 bridgehead atoms. The molecule has 3 heterocycles. The standard InChI is InChI=1S/C23H27N5O/c24-15-18-5-6-22(26-16-18)28-12-8-20(9-13-28)23(29)25-10-14-27-11-7-19-3-1-2-4-21(19)17-27/h1-6,16,20H,7-14,17H2,(H,25,29). The van der Waals surface area contributed by atoms with Crippen LogP contribution in [0.2, 0.25) is 0 Å². The summed E-state index contributed by atoms with van der Waals surface area (Å²) in [5.41, 5.74) is 3.44. The maximum Gasteiger partial charge on any atom is 0.223 e. The number of aromatic nitrogens is 1. The van der Waals surface area contributed by atoms with E-state index in [4.69, 9.17) is 5.26 Å². The number of anilines is 1. The Labute approximate surface area is 172 Å². The quantitative estimate of drug-likeness (QED) is 0.850. The van der Waals surface area contributed by atoms with E-state index in [0.29, 0.717) is 12.1 Å². The third-order valence-corrected chi connectivity index (χ3v) is 6.00. The van der Waals surface area contributed by atoms with E-state index in [2.05, 4.69) is 50.4 Å². The van der Waals surface area contributed by atoms with E-state index in [9.17, 15) is 4.79 Å². The summed E-state index contributed by atoms with van der Waals surface area (Å²) in [7, 11) is 0. The van der Waals surface area contributed by atoms with Gasteiger partial charge in [-0.3, -0.25) is 9.69 Å². The number of fused-ring (bicyclic) bond motifs is 1. The van der Waals surface area contributed by atoms with E-state index in [-0.39, 0.29) is 11.8 Å². The first kappa shape index (κ1) is 19.4. The van der Waals surface area contributed by atoms with Gasteiger partial charge in [0, 0.05) is 51.4 Å². The van der Waals surface area contributed by atoms with Crippen molar-refractivity contribution in [2.24, 2.45) is 5.92 Å². The minimum Gasteiger partial charge on any atom is -0.357 e. The number of nitrogens with zero attached hydrogens (tertiary/aromatic N) is 4. The van der Waals surface area contributed by atoms with Crippen molar-refractivity contribution < 1.29 is 4.79 Å². The van der Waals surface area contributed by atoms with E-state index >= 15 is 0 Å². The largest absolute Gasteiger partial charge is 0.357 e. The number of benzene rings is 1. The van der Waals surface area contributed by atoms with Crippen molar-refractivity contribution in [3.63, 3.8) is 0 Å². The molecule has 0 unspecified atom stereocenters. The molecule has 2 aliphatic rings. The number of carbonyl (C=O) groups is 1. The number of piperidine rings is 1. The Morgan fingerprint density at radius 3 is 2.66 bits per heavy atom. The lowest BCUT2D eigenvalue weighted by Crippen LogP contribution is -2.43. The van der Waals surface area contributed by atoms with E-state index in [0.717, 1.165) is 57.8 Å². The Bertz CT molecular complexity index is 881. The van der Waals surface area contributed by atoms with E-state index in [1.54, 1.807) is 12.3 Å². The number of rotatable bonds is 5. The number of pyridine rings is 1. The number of nitriles is 1. The van der Waals surface area contributed by atoms with Crippen LogP contribution in [0.4, 0.5) is 5.82 Å². The maximum atomic E-state index is 12.6. The molecule has 4 rings (SSSR count). The van der Waals surface area contributed by atoms with Gasteiger partial charge in [0.25, 0.3) is 0 Å². The molecule has 1 amide bonds. The molecule has 0 aliphatic carbocycles. The summed E-state index contributed by atoms with van der Waals surface area (Å²) in [6, 6.07) is 14.4. The molecule has 0 saturated carbocycles. The Hall–Kier alpha value is -2.91. The van der Waals surface area contributed by atoms with Crippen molar-refractivity contribution in [1.82, 2.24) is 15.2 Å². The Morgan fingerprint density at radius 2 is 1.93 bits per heavy atom. The fourth-order valence-corrected chi connectivity index (χ4v) is 4.24. The summed E-state index contributed by atoms with van der Waals surface area (Å²) in [6.07, 6.45) is 4.37. The predicted molar refractivity (Wildman–Crippen MR) is 112 cm³/mol. The smallest absolute Gasteiger partial charge is 0.223 e. The van der Waals surface area contributed by atoms with Gasteiger partial charge < -0.3 is 10.2 Å². The summed E-state index contributed by atoms with van der Waals surface area (Å²) in [4.78, 5) is 21.5. The van der Waals surface area contributed by atoms with Crippen LogP contribution in [0, 0.1) is 17.2 Å². The molecule has 1 aromatic carbocycles. The maximum absolute atomic E-state index is 12.6. The normalized spacial score (nSPS) is 17.4. The number of carbonyl (C=O) groups excluding carboxylic acids is 1. The van der Waals surface area contributed by atoms with Crippen molar-refractivity contribution >= 4 is 11.7 Å². The van der Waals surface area contributed by atoms with E-state index < -0.39 is 0 Å². The average molecular weight is 390 g/mol. The Kier molecular flexibility index (Phi) is 6.06. The van der Waals surface area contributed by atoms with Gasteiger partial charge in [-0.05, 0) is 42.5 Å². The molecule has 1 fully saturated rings. The molecule has 2 aliphatic heterocycles. The molecule has 150 valence electrons. The lowest BCUT2D eigenvalue weighted by Gasteiger charge is -2.32. The summed E-state index contributed by atoms with van der Waals surface area (Å²) >= 11 is 0. The zero-order valence-electron chi connectivity index (χ0n) is 16.7. The molecule has 29 heavy (non-hydrogen) atoms. The summed E-state index contributed by atoms with van der Waals surface area (Å²) in [6.45, 7) is 5.27. The minimum absolute atomic E-state index is 0.0757.